The van der Waals surface area contributed by atoms with Crippen LogP contribution in [-0.2, 0) is 4.74 Å². The van der Waals surface area contributed by atoms with Gasteiger partial charge in [0.15, 0.2) is 11.6 Å². The van der Waals surface area contributed by atoms with E-state index < -0.39 is 23.5 Å². The van der Waals surface area contributed by atoms with E-state index in [4.69, 9.17) is 4.74 Å². The van der Waals surface area contributed by atoms with Crippen molar-refractivity contribution in [3.8, 4) is 11.1 Å². The number of halogens is 2. The maximum atomic E-state index is 15.6. The molecule has 194 valence electrons. The smallest absolute Gasteiger partial charge is 0.255 e. The number of alkyl halides is 1. The molecule has 0 radical (unpaired) electrons. The van der Waals surface area contributed by atoms with Crippen LogP contribution in [-0.4, -0.2) is 76.3 Å². The molecule has 3 aromatic rings. The summed E-state index contributed by atoms with van der Waals surface area (Å²) in [6.45, 7) is 8.31. The molecule has 11 heteroatoms. The Labute approximate surface area is 208 Å². The number of carbonyl (C=O) groups is 1. The minimum atomic E-state index is -1.64. The number of hydrogen-bond donors (Lipinski definition) is 3. The third kappa shape index (κ3) is 5.41. The SMILES string of the molecule is CC(C)Nc1c(C(=O)NCC(F)C(C)(C)O)cnn2cc(-c3ccnc(N4CCOCC4)c3F)cc12. The lowest BCUT2D eigenvalue weighted by Crippen LogP contribution is -2.42. The van der Waals surface area contributed by atoms with Gasteiger partial charge in [0.05, 0.1) is 48.3 Å². The van der Waals surface area contributed by atoms with Gasteiger partial charge in [-0.15, -0.1) is 0 Å². The maximum absolute atomic E-state index is 15.6. The van der Waals surface area contributed by atoms with Crippen LogP contribution in [0, 0.1) is 5.82 Å². The lowest BCUT2D eigenvalue weighted by molar-refractivity contribution is -0.00177. The lowest BCUT2D eigenvalue weighted by Gasteiger charge is -2.28. The first-order valence-corrected chi connectivity index (χ1v) is 12.0. The number of nitrogens with one attached hydrogen (secondary N) is 2. The zero-order valence-corrected chi connectivity index (χ0v) is 20.9. The molecule has 1 fully saturated rings. The molecule has 1 aliphatic rings. The molecular weight excluding hydrogens is 470 g/mol. The fourth-order valence-corrected chi connectivity index (χ4v) is 4.00. The number of ether oxygens (including phenoxy) is 1. The van der Waals surface area contributed by atoms with Crippen LogP contribution in [0.2, 0.25) is 0 Å². The quantitative estimate of drug-likeness (QED) is 0.435. The molecule has 4 rings (SSSR count). The number of rotatable bonds is 8. The number of hydrogen-bond acceptors (Lipinski definition) is 7. The summed E-state index contributed by atoms with van der Waals surface area (Å²) < 4.78 is 36.7. The lowest BCUT2D eigenvalue weighted by atomic mass is 10.0. The standard InChI is InChI=1S/C25H32F2N6O3/c1-15(2)31-22-18(24(34)29-13-20(26)25(3,4)35)12-30-33-14-16(11-19(22)33)17-5-6-28-23(21(17)27)32-7-9-36-10-8-32/h5-6,11-12,14-15,20,31,35H,7-10,13H2,1-4H3,(H,29,34). The second-order valence-electron chi connectivity index (χ2n) is 9.72. The van der Waals surface area contributed by atoms with Gasteiger partial charge in [0, 0.05) is 42.7 Å². The summed E-state index contributed by atoms with van der Waals surface area (Å²) in [5.74, 6) is -0.702. The summed E-state index contributed by atoms with van der Waals surface area (Å²) in [4.78, 5) is 19.0. The molecule has 1 unspecified atom stereocenters. The van der Waals surface area contributed by atoms with E-state index in [1.807, 2.05) is 18.7 Å². The van der Waals surface area contributed by atoms with Crippen LogP contribution in [0.3, 0.4) is 0 Å². The topological polar surface area (TPSA) is 104 Å². The van der Waals surface area contributed by atoms with Crippen molar-refractivity contribution in [2.24, 2.45) is 0 Å². The molecule has 3 aromatic heterocycles. The van der Waals surface area contributed by atoms with Gasteiger partial charge < -0.3 is 25.4 Å². The van der Waals surface area contributed by atoms with Crippen LogP contribution >= 0.6 is 0 Å². The Morgan fingerprint density at radius 3 is 2.69 bits per heavy atom. The van der Waals surface area contributed by atoms with E-state index in [1.54, 1.807) is 29.0 Å². The Morgan fingerprint density at radius 1 is 1.31 bits per heavy atom. The number of carbonyl (C=O) groups excluding carboxylic acids is 1. The van der Waals surface area contributed by atoms with E-state index in [1.165, 1.54) is 20.0 Å². The molecule has 0 bridgehead atoms. The minimum Gasteiger partial charge on any atom is -0.387 e. The van der Waals surface area contributed by atoms with Crippen molar-refractivity contribution >= 4 is 22.9 Å². The Kier molecular flexibility index (Phi) is 7.41. The summed E-state index contributed by atoms with van der Waals surface area (Å²) in [6, 6.07) is 3.33. The third-order valence-electron chi connectivity index (χ3n) is 6.02. The monoisotopic (exact) mass is 502 g/mol. The number of nitrogens with zero attached hydrogens (tertiary/aromatic N) is 4. The van der Waals surface area contributed by atoms with Crippen molar-refractivity contribution in [2.45, 2.75) is 45.5 Å². The van der Waals surface area contributed by atoms with E-state index >= 15 is 4.39 Å². The highest BCUT2D eigenvalue weighted by Crippen LogP contribution is 2.33. The predicted molar refractivity (Wildman–Crippen MR) is 134 cm³/mol. The van der Waals surface area contributed by atoms with Gasteiger partial charge >= 0.3 is 0 Å². The second-order valence-corrected chi connectivity index (χ2v) is 9.72. The molecule has 1 atom stereocenters. The highest BCUT2D eigenvalue weighted by atomic mass is 19.1. The largest absolute Gasteiger partial charge is 0.387 e. The van der Waals surface area contributed by atoms with E-state index in [0.29, 0.717) is 48.6 Å². The predicted octanol–water partition coefficient (Wildman–Crippen LogP) is 3.03. The first-order chi connectivity index (χ1) is 17.1. The normalized spacial score (nSPS) is 15.4. The van der Waals surface area contributed by atoms with Crippen LogP contribution in [0.15, 0.2) is 30.7 Å². The third-order valence-corrected chi connectivity index (χ3v) is 6.02. The van der Waals surface area contributed by atoms with Gasteiger partial charge in [-0.2, -0.15) is 5.10 Å². The zero-order chi connectivity index (χ0) is 26.0. The Bertz CT molecular complexity index is 1230. The summed E-state index contributed by atoms with van der Waals surface area (Å²) in [6.07, 6.45) is 3.00. The van der Waals surface area contributed by atoms with Crippen LogP contribution in [0.5, 0.6) is 0 Å². The fraction of sp³-hybridized carbons (Fsp3) is 0.480. The summed E-state index contributed by atoms with van der Waals surface area (Å²) in [7, 11) is 0. The molecule has 0 spiro atoms. The van der Waals surface area contributed by atoms with Crippen molar-refractivity contribution < 1.29 is 23.4 Å². The van der Waals surface area contributed by atoms with Gasteiger partial charge in [-0.1, -0.05) is 0 Å². The van der Waals surface area contributed by atoms with Crippen molar-refractivity contribution in [3.05, 3.63) is 42.1 Å². The van der Waals surface area contributed by atoms with E-state index in [9.17, 15) is 14.3 Å². The molecule has 9 nitrogen and oxygen atoms in total. The van der Waals surface area contributed by atoms with Gasteiger partial charge in [0.2, 0.25) is 0 Å². The molecule has 0 aromatic carbocycles. The van der Waals surface area contributed by atoms with Gasteiger partial charge in [-0.3, -0.25) is 4.79 Å². The molecule has 1 aliphatic heterocycles. The fourth-order valence-electron chi connectivity index (χ4n) is 4.00. The Hall–Kier alpha value is -3.31. The summed E-state index contributed by atoms with van der Waals surface area (Å²) >= 11 is 0. The number of aliphatic hydroxyl groups is 1. The van der Waals surface area contributed by atoms with Crippen molar-refractivity contribution in [2.75, 3.05) is 43.1 Å². The number of morpholine rings is 1. The number of amides is 1. The average molecular weight is 503 g/mol. The molecule has 36 heavy (non-hydrogen) atoms. The molecule has 0 aliphatic carbocycles. The number of anilines is 2. The first kappa shape index (κ1) is 25.8. The summed E-state index contributed by atoms with van der Waals surface area (Å²) in [5.41, 5.74) is 0.628. The van der Waals surface area contributed by atoms with Crippen LogP contribution in [0.1, 0.15) is 38.1 Å². The minimum absolute atomic E-state index is 0.0306. The molecule has 1 amide bonds. The maximum Gasteiger partial charge on any atom is 0.255 e. The highest BCUT2D eigenvalue weighted by molar-refractivity contribution is 6.03. The Morgan fingerprint density at radius 2 is 2.03 bits per heavy atom. The first-order valence-electron chi connectivity index (χ1n) is 12.0. The molecular formula is C25H32F2N6O3. The van der Waals surface area contributed by atoms with Gasteiger partial charge in [-0.25, -0.2) is 18.3 Å². The molecule has 3 N–H and O–H groups in total. The molecule has 4 heterocycles. The van der Waals surface area contributed by atoms with E-state index in [2.05, 4.69) is 20.7 Å². The Balaban J connectivity index is 1.70. The van der Waals surface area contributed by atoms with Crippen LogP contribution < -0.4 is 15.5 Å². The van der Waals surface area contributed by atoms with Crippen molar-refractivity contribution in [3.63, 3.8) is 0 Å². The van der Waals surface area contributed by atoms with Crippen molar-refractivity contribution in [1.82, 2.24) is 19.9 Å². The zero-order valence-electron chi connectivity index (χ0n) is 20.9. The van der Waals surface area contributed by atoms with Crippen molar-refractivity contribution in [1.29, 1.82) is 0 Å². The summed E-state index contributed by atoms with van der Waals surface area (Å²) in [5, 5.41) is 20.0. The number of pyridine rings is 1. The second kappa shape index (κ2) is 10.4. The number of aromatic nitrogens is 3. The number of fused-ring (bicyclic) bond motifs is 1. The van der Waals surface area contributed by atoms with Crippen LogP contribution in [0.4, 0.5) is 20.3 Å². The van der Waals surface area contributed by atoms with Gasteiger partial charge in [-0.05, 0) is 39.8 Å². The van der Waals surface area contributed by atoms with Gasteiger partial charge in [0.1, 0.15) is 6.17 Å². The average Bonchev–Trinajstić information content (AvgIpc) is 3.27. The van der Waals surface area contributed by atoms with Crippen LogP contribution in [0.25, 0.3) is 16.6 Å². The highest BCUT2D eigenvalue weighted by Gasteiger charge is 2.28. The molecule has 1 saturated heterocycles. The van der Waals surface area contributed by atoms with E-state index in [0.717, 1.165) is 0 Å². The van der Waals surface area contributed by atoms with Gasteiger partial charge in [0.25, 0.3) is 5.91 Å². The van der Waals surface area contributed by atoms with E-state index in [-0.39, 0.29) is 24.0 Å². The molecule has 0 saturated carbocycles.